The molecule has 0 amide bonds. The van der Waals surface area contributed by atoms with E-state index in [-0.39, 0.29) is 0 Å². The van der Waals surface area contributed by atoms with Gasteiger partial charge in [0.05, 0.1) is 0 Å². The van der Waals surface area contributed by atoms with Crippen LogP contribution in [-0.2, 0) is 5.41 Å². The number of hydrogen-bond donors (Lipinski definition) is 0. The van der Waals surface area contributed by atoms with Gasteiger partial charge in [0, 0.05) is 5.41 Å². The van der Waals surface area contributed by atoms with Crippen LogP contribution in [0.5, 0.6) is 0 Å². The van der Waals surface area contributed by atoms with Crippen molar-refractivity contribution in [1.82, 2.24) is 4.90 Å². The topological polar surface area (TPSA) is 3.24 Å². The summed E-state index contributed by atoms with van der Waals surface area (Å²) in [5.41, 5.74) is 5.33. The van der Waals surface area contributed by atoms with Crippen LogP contribution in [0.2, 0.25) is 0 Å². The van der Waals surface area contributed by atoms with Crippen molar-refractivity contribution in [3.8, 4) is 0 Å². The fraction of sp³-hybridized carbons (Fsp3) is 0.579. The molecule has 1 heterocycles. The van der Waals surface area contributed by atoms with Crippen molar-refractivity contribution < 1.29 is 0 Å². The van der Waals surface area contributed by atoms with Crippen LogP contribution in [0.3, 0.4) is 0 Å². The molecule has 0 radical (unpaired) electrons. The molecule has 1 heteroatoms. The Kier molecular flexibility index (Phi) is 2.99. The molecule has 20 heavy (non-hydrogen) atoms. The van der Waals surface area contributed by atoms with E-state index in [4.69, 9.17) is 0 Å². The number of rotatable bonds is 1. The summed E-state index contributed by atoms with van der Waals surface area (Å²) in [5, 5.41) is 0. The number of hydrogen-bond acceptors (Lipinski definition) is 1. The number of likely N-dealkylation sites (tertiary alicyclic amines) is 1. The second-order valence-corrected chi connectivity index (χ2v) is 7.09. The van der Waals surface area contributed by atoms with Crippen molar-refractivity contribution in [3.63, 3.8) is 0 Å². The molecule has 3 aliphatic rings. The number of allylic oxidation sites excluding steroid dienone is 2. The first-order chi connectivity index (χ1) is 9.78. The van der Waals surface area contributed by atoms with Crippen molar-refractivity contribution >= 4 is 5.57 Å². The van der Waals surface area contributed by atoms with Gasteiger partial charge in [-0.2, -0.15) is 0 Å². The Labute approximate surface area is 122 Å². The molecule has 0 atom stereocenters. The fourth-order valence-electron chi connectivity index (χ4n) is 4.70. The van der Waals surface area contributed by atoms with Crippen LogP contribution < -0.4 is 0 Å². The lowest BCUT2D eigenvalue weighted by atomic mass is 9.81. The monoisotopic (exact) mass is 267 g/mol. The SMILES string of the molecule is CN1CCC(C2=CC3(CCCC3)c3ccccc32)CC1. The molecule has 1 saturated heterocycles. The molecule has 0 aromatic heterocycles. The average molecular weight is 267 g/mol. The van der Waals surface area contributed by atoms with Crippen molar-refractivity contribution in [3.05, 3.63) is 41.5 Å². The van der Waals surface area contributed by atoms with Crippen molar-refractivity contribution in [2.75, 3.05) is 20.1 Å². The number of piperidine rings is 1. The molecule has 2 aliphatic carbocycles. The fourth-order valence-corrected chi connectivity index (χ4v) is 4.70. The molecule has 1 spiro atoms. The number of benzene rings is 1. The highest BCUT2D eigenvalue weighted by atomic mass is 15.1. The first-order valence-corrected chi connectivity index (χ1v) is 8.30. The van der Waals surface area contributed by atoms with Crippen LogP contribution >= 0.6 is 0 Å². The van der Waals surface area contributed by atoms with Crippen LogP contribution in [0.25, 0.3) is 5.57 Å². The van der Waals surface area contributed by atoms with Crippen molar-refractivity contribution in [2.24, 2.45) is 5.92 Å². The summed E-state index contributed by atoms with van der Waals surface area (Å²) in [6, 6.07) is 9.26. The van der Waals surface area contributed by atoms with Gasteiger partial charge in [-0.15, -0.1) is 0 Å². The quantitative estimate of drug-likeness (QED) is 0.735. The first kappa shape index (κ1) is 12.6. The summed E-state index contributed by atoms with van der Waals surface area (Å²) in [6.45, 7) is 2.52. The van der Waals surface area contributed by atoms with E-state index in [1.54, 1.807) is 16.7 Å². The third-order valence-electron chi connectivity index (χ3n) is 5.86. The summed E-state index contributed by atoms with van der Waals surface area (Å²) in [6.07, 6.45) is 10.9. The van der Waals surface area contributed by atoms with Gasteiger partial charge in [-0.25, -0.2) is 0 Å². The minimum Gasteiger partial charge on any atom is -0.306 e. The smallest absolute Gasteiger partial charge is 0.0144 e. The standard InChI is InChI=1S/C19H25N/c1-20-12-8-15(9-13-20)17-14-19(10-4-5-11-19)18-7-3-2-6-16(17)18/h2-3,6-7,14-15H,4-5,8-13H2,1H3. The predicted molar refractivity (Wildman–Crippen MR) is 84.8 cm³/mol. The Hall–Kier alpha value is -1.08. The highest BCUT2D eigenvalue weighted by Gasteiger charge is 2.41. The minimum atomic E-state index is 0.412. The molecule has 1 aromatic carbocycles. The molecule has 2 fully saturated rings. The molecule has 1 saturated carbocycles. The van der Waals surface area contributed by atoms with Crippen LogP contribution in [0.15, 0.2) is 30.3 Å². The lowest BCUT2D eigenvalue weighted by Gasteiger charge is -2.30. The molecule has 106 valence electrons. The van der Waals surface area contributed by atoms with E-state index in [0.29, 0.717) is 5.41 Å². The van der Waals surface area contributed by atoms with Gasteiger partial charge < -0.3 is 4.90 Å². The van der Waals surface area contributed by atoms with Crippen LogP contribution in [0.1, 0.15) is 49.7 Å². The Balaban J connectivity index is 1.72. The summed E-state index contributed by atoms with van der Waals surface area (Å²) in [5.74, 6) is 0.798. The molecule has 1 aliphatic heterocycles. The lowest BCUT2D eigenvalue weighted by Crippen LogP contribution is -2.30. The minimum absolute atomic E-state index is 0.412. The molecule has 0 unspecified atom stereocenters. The summed E-state index contributed by atoms with van der Waals surface area (Å²) in [7, 11) is 2.26. The Morgan fingerprint density at radius 2 is 1.75 bits per heavy atom. The molecule has 4 rings (SSSR count). The predicted octanol–water partition coefficient (Wildman–Crippen LogP) is 4.24. The van der Waals surface area contributed by atoms with E-state index in [1.165, 1.54) is 51.6 Å². The maximum absolute atomic E-state index is 2.70. The normalized spacial score (nSPS) is 25.9. The number of nitrogens with zero attached hydrogens (tertiary/aromatic N) is 1. The Morgan fingerprint density at radius 1 is 1.05 bits per heavy atom. The van der Waals surface area contributed by atoms with E-state index >= 15 is 0 Å². The Morgan fingerprint density at radius 3 is 2.50 bits per heavy atom. The first-order valence-electron chi connectivity index (χ1n) is 8.30. The zero-order chi connectivity index (χ0) is 13.6. The summed E-state index contributed by atoms with van der Waals surface area (Å²) in [4.78, 5) is 2.48. The largest absolute Gasteiger partial charge is 0.306 e. The summed E-state index contributed by atoms with van der Waals surface area (Å²) >= 11 is 0. The van der Waals surface area contributed by atoms with E-state index < -0.39 is 0 Å². The molecule has 0 N–H and O–H groups in total. The van der Waals surface area contributed by atoms with E-state index in [9.17, 15) is 0 Å². The molecular weight excluding hydrogens is 242 g/mol. The molecule has 1 nitrogen and oxygen atoms in total. The maximum Gasteiger partial charge on any atom is 0.0144 e. The van der Waals surface area contributed by atoms with Crippen LogP contribution in [-0.4, -0.2) is 25.0 Å². The summed E-state index contributed by atoms with van der Waals surface area (Å²) < 4.78 is 0. The van der Waals surface area contributed by atoms with Crippen LogP contribution in [0, 0.1) is 5.92 Å². The second-order valence-electron chi connectivity index (χ2n) is 7.09. The van der Waals surface area contributed by atoms with Gasteiger partial charge in [0.25, 0.3) is 0 Å². The van der Waals surface area contributed by atoms with Crippen LogP contribution in [0.4, 0.5) is 0 Å². The van der Waals surface area contributed by atoms with Gasteiger partial charge in [0.1, 0.15) is 0 Å². The molecule has 0 bridgehead atoms. The Bertz CT molecular complexity index is 528. The third kappa shape index (κ3) is 1.87. The molecular formula is C19H25N. The third-order valence-corrected chi connectivity index (χ3v) is 5.86. The van der Waals surface area contributed by atoms with E-state index in [2.05, 4.69) is 42.3 Å². The van der Waals surface area contributed by atoms with Gasteiger partial charge in [0.15, 0.2) is 0 Å². The van der Waals surface area contributed by atoms with Crippen molar-refractivity contribution in [2.45, 2.75) is 43.9 Å². The highest BCUT2D eigenvalue weighted by Crippen LogP contribution is 2.53. The van der Waals surface area contributed by atoms with Crippen molar-refractivity contribution in [1.29, 1.82) is 0 Å². The van der Waals surface area contributed by atoms with E-state index in [0.717, 1.165) is 5.92 Å². The lowest BCUT2D eigenvalue weighted by molar-refractivity contribution is 0.248. The zero-order valence-corrected chi connectivity index (χ0v) is 12.6. The van der Waals surface area contributed by atoms with Gasteiger partial charge >= 0.3 is 0 Å². The van der Waals surface area contributed by atoms with Gasteiger partial charge in [0.2, 0.25) is 0 Å². The van der Waals surface area contributed by atoms with E-state index in [1.807, 2.05) is 0 Å². The van der Waals surface area contributed by atoms with Gasteiger partial charge in [-0.3, -0.25) is 0 Å². The van der Waals surface area contributed by atoms with Gasteiger partial charge in [-0.1, -0.05) is 43.2 Å². The van der Waals surface area contributed by atoms with Gasteiger partial charge in [-0.05, 0) is 68.4 Å². The second kappa shape index (κ2) is 4.73. The number of fused-ring (bicyclic) bond motifs is 2. The maximum atomic E-state index is 2.70. The average Bonchev–Trinajstić information content (AvgIpc) is 3.08. The molecule has 1 aromatic rings. The zero-order valence-electron chi connectivity index (χ0n) is 12.6. The highest BCUT2D eigenvalue weighted by molar-refractivity contribution is 5.78.